The number of alkyl halides is 3. The molecule has 11 nitrogen and oxygen atoms in total. The lowest BCUT2D eigenvalue weighted by Crippen LogP contribution is -2.49. The average molecular weight is 621 g/mol. The Balaban J connectivity index is 1.37. The molecule has 1 amide bonds. The van der Waals surface area contributed by atoms with E-state index in [9.17, 15) is 33.0 Å². The van der Waals surface area contributed by atoms with Crippen LogP contribution in [0.2, 0.25) is 0 Å². The molecule has 0 spiro atoms. The maximum atomic E-state index is 13.7. The molecule has 1 atom stereocenters. The molecule has 5 rings (SSSR count). The van der Waals surface area contributed by atoms with Crippen molar-refractivity contribution in [2.45, 2.75) is 57.0 Å². The number of anilines is 2. The fourth-order valence-electron chi connectivity index (χ4n) is 5.25. The number of carboxylic acids is 1. The summed E-state index contributed by atoms with van der Waals surface area (Å²) in [6.45, 7) is 3.92. The number of carboxylic acid groups (broad SMARTS) is 1. The predicted molar refractivity (Wildman–Crippen MR) is 152 cm³/mol. The van der Waals surface area contributed by atoms with Gasteiger partial charge in [-0.05, 0) is 44.5 Å². The summed E-state index contributed by atoms with van der Waals surface area (Å²) in [5.41, 5.74) is -2.09. The highest BCUT2D eigenvalue weighted by atomic mass is 32.1. The number of hydrogen-bond donors (Lipinski definition) is 3. The maximum absolute atomic E-state index is 13.7. The van der Waals surface area contributed by atoms with Crippen LogP contribution in [0, 0.1) is 0 Å². The summed E-state index contributed by atoms with van der Waals surface area (Å²) in [7, 11) is 1.30. The van der Waals surface area contributed by atoms with Gasteiger partial charge >= 0.3 is 12.1 Å². The minimum absolute atomic E-state index is 0.00463. The summed E-state index contributed by atoms with van der Waals surface area (Å²) in [6, 6.07) is 3.76. The first-order valence-electron chi connectivity index (χ1n) is 13.7. The number of rotatable bonds is 8. The number of nitrogens with zero attached hydrogens (tertiary/aromatic N) is 5. The molecule has 0 bridgehead atoms. The lowest BCUT2D eigenvalue weighted by Gasteiger charge is -2.35. The summed E-state index contributed by atoms with van der Waals surface area (Å²) in [5.74, 6) is -1.39. The van der Waals surface area contributed by atoms with Crippen LogP contribution in [0.25, 0.3) is 11.3 Å². The SMILES string of the molecule is COc1cc(-c2nc(NC(=O)c3cnc(N4CCC(O)(C(=O)O)CC4)cn3)sc2CN2CCC[C@H]2C)cc(C(F)(F)F)c1. The first kappa shape index (κ1) is 30.6. The topological polar surface area (TPSA) is 141 Å². The average Bonchev–Trinajstić information content (AvgIpc) is 3.58. The molecular formula is C28H31F3N6O5S. The van der Waals surface area contributed by atoms with Crippen LogP contribution in [-0.2, 0) is 17.5 Å². The number of aliphatic hydroxyl groups is 1. The van der Waals surface area contributed by atoms with Crippen molar-refractivity contribution in [1.82, 2.24) is 19.9 Å². The normalized spacial score (nSPS) is 18.9. The second-order valence-corrected chi connectivity index (χ2v) is 11.8. The number of aliphatic carboxylic acids is 1. The first-order valence-corrected chi connectivity index (χ1v) is 14.5. The summed E-state index contributed by atoms with van der Waals surface area (Å²) in [4.78, 5) is 42.1. The zero-order valence-electron chi connectivity index (χ0n) is 23.5. The summed E-state index contributed by atoms with van der Waals surface area (Å²) in [6.07, 6.45) is 0.162. The molecule has 2 aliphatic heterocycles. The Morgan fingerprint density at radius 3 is 2.49 bits per heavy atom. The van der Waals surface area contributed by atoms with Crippen LogP contribution in [0.5, 0.6) is 5.75 Å². The number of likely N-dealkylation sites (tertiary alicyclic amines) is 1. The first-order chi connectivity index (χ1) is 20.4. The highest BCUT2D eigenvalue weighted by Gasteiger charge is 2.39. The second kappa shape index (κ2) is 12.1. The fraction of sp³-hybridized carbons (Fsp3) is 0.464. The van der Waals surface area contributed by atoms with E-state index < -0.39 is 29.2 Å². The number of amides is 1. The number of ether oxygens (including phenoxy) is 1. The van der Waals surface area contributed by atoms with Crippen molar-refractivity contribution in [3.63, 3.8) is 0 Å². The molecule has 230 valence electrons. The van der Waals surface area contributed by atoms with Crippen LogP contribution in [0.15, 0.2) is 30.6 Å². The second-order valence-electron chi connectivity index (χ2n) is 10.7. The standard InChI is InChI=1S/C28H31F3N6O5S/c1-16-4-3-7-37(16)15-21-23(17-10-18(28(29,30)31)12-19(11-17)42-2)34-26(43-21)35-24(38)20-13-33-22(14-32-20)36-8-5-27(41,6-9-36)25(39)40/h10-14,16,41H,3-9,15H2,1-2H3,(H,39,40)(H,34,35,38)/t16-/m1/s1. The van der Waals surface area contributed by atoms with Crippen LogP contribution in [0.1, 0.15) is 53.5 Å². The van der Waals surface area contributed by atoms with Gasteiger partial charge in [0.25, 0.3) is 5.91 Å². The lowest BCUT2D eigenvalue weighted by molar-refractivity contribution is -0.160. The minimum atomic E-state index is -4.59. The van der Waals surface area contributed by atoms with Crippen LogP contribution < -0.4 is 15.0 Å². The van der Waals surface area contributed by atoms with E-state index in [0.717, 1.165) is 31.5 Å². The van der Waals surface area contributed by atoms with Crippen molar-refractivity contribution in [3.05, 3.63) is 46.7 Å². The number of methoxy groups -OCH3 is 1. The largest absolute Gasteiger partial charge is 0.497 e. The zero-order chi connectivity index (χ0) is 30.9. The molecule has 2 fully saturated rings. The zero-order valence-corrected chi connectivity index (χ0v) is 24.3. The van der Waals surface area contributed by atoms with Gasteiger partial charge in [0, 0.05) is 49.0 Å². The van der Waals surface area contributed by atoms with Crippen molar-refractivity contribution in [3.8, 4) is 17.0 Å². The van der Waals surface area contributed by atoms with Gasteiger partial charge < -0.3 is 19.8 Å². The molecular weight excluding hydrogens is 589 g/mol. The van der Waals surface area contributed by atoms with Gasteiger partial charge in [-0.2, -0.15) is 13.2 Å². The van der Waals surface area contributed by atoms with Gasteiger partial charge in [0.15, 0.2) is 10.7 Å². The van der Waals surface area contributed by atoms with Crippen molar-refractivity contribution >= 4 is 34.2 Å². The van der Waals surface area contributed by atoms with E-state index in [0.29, 0.717) is 29.0 Å². The number of thiazole rings is 1. The minimum Gasteiger partial charge on any atom is -0.497 e. The fourth-order valence-corrected chi connectivity index (χ4v) is 6.25. The van der Waals surface area contributed by atoms with Gasteiger partial charge in [0.1, 0.15) is 17.3 Å². The van der Waals surface area contributed by atoms with Crippen molar-refractivity contribution in [2.24, 2.45) is 0 Å². The molecule has 2 saturated heterocycles. The molecule has 15 heteroatoms. The Morgan fingerprint density at radius 1 is 1.16 bits per heavy atom. The van der Waals surface area contributed by atoms with Crippen molar-refractivity contribution in [1.29, 1.82) is 0 Å². The smallest absolute Gasteiger partial charge is 0.416 e. The number of benzene rings is 1. The van der Waals surface area contributed by atoms with Gasteiger partial charge in [-0.3, -0.25) is 15.0 Å². The summed E-state index contributed by atoms with van der Waals surface area (Å²) >= 11 is 1.19. The predicted octanol–water partition coefficient (Wildman–Crippen LogP) is 4.28. The Hall–Kier alpha value is -3.82. The number of carbonyl (C=O) groups excluding carboxylic acids is 1. The third kappa shape index (κ3) is 6.73. The van der Waals surface area contributed by atoms with E-state index in [4.69, 9.17) is 4.74 Å². The number of carbonyl (C=O) groups is 2. The summed E-state index contributed by atoms with van der Waals surface area (Å²) in [5, 5.41) is 22.3. The molecule has 43 heavy (non-hydrogen) atoms. The van der Waals surface area contributed by atoms with Gasteiger partial charge in [-0.25, -0.2) is 19.7 Å². The molecule has 4 heterocycles. The van der Waals surface area contributed by atoms with E-state index in [1.54, 1.807) is 4.90 Å². The van der Waals surface area contributed by atoms with E-state index >= 15 is 0 Å². The van der Waals surface area contributed by atoms with E-state index in [2.05, 4.69) is 32.1 Å². The van der Waals surface area contributed by atoms with Crippen LogP contribution in [-0.4, -0.2) is 80.3 Å². The Bertz CT molecular complexity index is 1490. The molecule has 3 N–H and O–H groups in total. The third-order valence-electron chi connectivity index (χ3n) is 7.88. The van der Waals surface area contributed by atoms with Gasteiger partial charge in [-0.15, -0.1) is 0 Å². The van der Waals surface area contributed by atoms with Crippen LogP contribution >= 0.6 is 11.3 Å². The molecule has 0 aliphatic carbocycles. The number of halogens is 3. The molecule has 1 aromatic carbocycles. The van der Waals surface area contributed by atoms with Crippen molar-refractivity contribution < 1.29 is 37.7 Å². The quantitative estimate of drug-likeness (QED) is 0.334. The highest BCUT2D eigenvalue weighted by Crippen LogP contribution is 2.39. The molecule has 2 aromatic heterocycles. The Labute approximate surface area is 249 Å². The van der Waals surface area contributed by atoms with Crippen LogP contribution in [0.4, 0.5) is 24.1 Å². The number of nitrogens with one attached hydrogen (secondary N) is 1. The van der Waals surface area contributed by atoms with Gasteiger partial charge in [0.2, 0.25) is 0 Å². The Morgan fingerprint density at radius 2 is 1.91 bits per heavy atom. The maximum Gasteiger partial charge on any atom is 0.416 e. The van der Waals surface area contributed by atoms with E-state index in [1.807, 2.05) is 0 Å². The monoisotopic (exact) mass is 620 g/mol. The van der Waals surface area contributed by atoms with Crippen LogP contribution in [0.3, 0.4) is 0 Å². The highest BCUT2D eigenvalue weighted by molar-refractivity contribution is 7.16. The molecule has 0 unspecified atom stereocenters. The number of aromatic nitrogens is 3. The van der Waals surface area contributed by atoms with E-state index in [1.165, 1.54) is 36.9 Å². The van der Waals surface area contributed by atoms with E-state index in [-0.39, 0.29) is 48.1 Å². The van der Waals surface area contributed by atoms with Gasteiger partial charge in [0.05, 0.1) is 30.8 Å². The molecule has 0 saturated carbocycles. The molecule has 0 radical (unpaired) electrons. The number of piperidine rings is 1. The number of hydrogen-bond acceptors (Lipinski definition) is 10. The Kier molecular flexibility index (Phi) is 8.58. The molecule has 2 aliphatic rings. The van der Waals surface area contributed by atoms with Crippen molar-refractivity contribution in [2.75, 3.05) is 37.0 Å². The molecule has 3 aromatic rings. The summed E-state index contributed by atoms with van der Waals surface area (Å²) < 4.78 is 46.1. The lowest BCUT2D eigenvalue weighted by atomic mass is 9.92. The third-order valence-corrected chi connectivity index (χ3v) is 8.84. The van der Waals surface area contributed by atoms with Gasteiger partial charge in [-0.1, -0.05) is 11.3 Å².